The molecule has 0 fully saturated rings. The third-order valence-corrected chi connectivity index (χ3v) is 2.25. The van der Waals surface area contributed by atoms with Crippen molar-refractivity contribution >= 4 is 17.3 Å². The SMILES string of the molecule is Cc1c(CC#N)ccc(Cl)c1[N+](=O)[O-]. The molecule has 0 saturated carbocycles. The Balaban J connectivity index is 3.35. The molecule has 0 unspecified atom stereocenters. The van der Waals surface area contributed by atoms with Crippen LogP contribution in [-0.2, 0) is 6.42 Å². The molecule has 0 aliphatic rings. The van der Waals surface area contributed by atoms with Crippen LogP contribution in [-0.4, -0.2) is 4.92 Å². The van der Waals surface area contributed by atoms with E-state index in [0.29, 0.717) is 11.1 Å². The summed E-state index contributed by atoms with van der Waals surface area (Å²) in [6.45, 7) is 1.59. The van der Waals surface area contributed by atoms with E-state index in [1.54, 1.807) is 13.0 Å². The first kappa shape index (κ1) is 10.5. The molecule has 1 rings (SSSR count). The van der Waals surface area contributed by atoms with Gasteiger partial charge in [-0.15, -0.1) is 0 Å². The van der Waals surface area contributed by atoms with Crippen LogP contribution in [0.2, 0.25) is 5.02 Å². The summed E-state index contributed by atoms with van der Waals surface area (Å²) < 4.78 is 0. The van der Waals surface area contributed by atoms with Gasteiger partial charge in [0.2, 0.25) is 0 Å². The van der Waals surface area contributed by atoms with Gasteiger partial charge < -0.3 is 0 Å². The first-order valence-electron chi connectivity index (χ1n) is 3.87. The van der Waals surface area contributed by atoms with Crippen molar-refractivity contribution in [3.8, 4) is 6.07 Å². The summed E-state index contributed by atoms with van der Waals surface area (Å²) in [7, 11) is 0. The highest BCUT2D eigenvalue weighted by Gasteiger charge is 2.18. The van der Waals surface area contributed by atoms with Gasteiger partial charge in [-0.3, -0.25) is 10.1 Å². The Morgan fingerprint density at radius 2 is 2.29 bits per heavy atom. The second kappa shape index (κ2) is 4.07. The molecule has 1 aromatic rings. The Hall–Kier alpha value is -1.60. The van der Waals surface area contributed by atoms with Gasteiger partial charge in [0.05, 0.1) is 17.4 Å². The summed E-state index contributed by atoms with van der Waals surface area (Å²) in [5.74, 6) is 0. The molecule has 0 spiro atoms. The zero-order chi connectivity index (χ0) is 10.7. The predicted molar refractivity (Wildman–Crippen MR) is 52.2 cm³/mol. The summed E-state index contributed by atoms with van der Waals surface area (Å²) in [6.07, 6.45) is 0.157. The van der Waals surface area contributed by atoms with Crippen molar-refractivity contribution in [2.45, 2.75) is 13.3 Å². The lowest BCUT2D eigenvalue weighted by molar-refractivity contribution is -0.385. The largest absolute Gasteiger partial charge is 0.291 e. The summed E-state index contributed by atoms with van der Waals surface area (Å²) in [5, 5.41) is 19.2. The number of nitro benzene ring substituents is 1. The summed E-state index contributed by atoms with van der Waals surface area (Å²) in [6, 6.07) is 5.02. The molecule has 14 heavy (non-hydrogen) atoms. The van der Waals surface area contributed by atoms with E-state index in [1.165, 1.54) is 6.07 Å². The molecule has 1 aromatic carbocycles. The average Bonchev–Trinajstić information content (AvgIpc) is 2.10. The third-order valence-electron chi connectivity index (χ3n) is 1.95. The van der Waals surface area contributed by atoms with Gasteiger partial charge in [0.1, 0.15) is 5.02 Å². The standard InChI is InChI=1S/C9H7ClN2O2/c1-6-7(4-5-11)2-3-8(10)9(6)12(13)14/h2-3H,4H2,1H3. The van der Waals surface area contributed by atoms with Crippen molar-refractivity contribution in [1.29, 1.82) is 5.26 Å². The van der Waals surface area contributed by atoms with E-state index >= 15 is 0 Å². The van der Waals surface area contributed by atoms with Crippen LogP contribution < -0.4 is 0 Å². The van der Waals surface area contributed by atoms with Crippen LogP contribution in [0.3, 0.4) is 0 Å². The lowest BCUT2D eigenvalue weighted by atomic mass is 10.0. The molecule has 72 valence electrons. The highest BCUT2D eigenvalue weighted by Crippen LogP contribution is 2.30. The first-order chi connectivity index (χ1) is 6.57. The van der Waals surface area contributed by atoms with Gasteiger partial charge in [-0.1, -0.05) is 17.7 Å². The van der Waals surface area contributed by atoms with Crippen molar-refractivity contribution in [2.75, 3.05) is 0 Å². The van der Waals surface area contributed by atoms with Gasteiger partial charge in [-0.25, -0.2) is 0 Å². The maximum atomic E-state index is 10.6. The molecule has 0 aromatic heterocycles. The molecule has 0 radical (unpaired) electrons. The predicted octanol–water partition coefficient (Wildman–Crippen LogP) is 2.62. The van der Waals surface area contributed by atoms with Crippen molar-refractivity contribution < 1.29 is 4.92 Å². The molecule has 5 heteroatoms. The molecule has 4 nitrogen and oxygen atoms in total. The second-order valence-electron chi connectivity index (χ2n) is 2.77. The van der Waals surface area contributed by atoms with Crippen LogP contribution in [0.1, 0.15) is 11.1 Å². The number of benzene rings is 1. The molecule has 0 saturated heterocycles. The Morgan fingerprint density at radius 1 is 1.64 bits per heavy atom. The number of rotatable bonds is 2. The van der Waals surface area contributed by atoms with Gasteiger partial charge in [0.15, 0.2) is 0 Å². The zero-order valence-corrected chi connectivity index (χ0v) is 8.21. The Morgan fingerprint density at radius 3 is 2.79 bits per heavy atom. The van der Waals surface area contributed by atoms with Crippen molar-refractivity contribution in [3.63, 3.8) is 0 Å². The Kier molecular flexibility index (Phi) is 3.05. The number of nitriles is 1. The molecule has 0 amide bonds. The summed E-state index contributed by atoms with van der Waals surface area (Å²) in [4.78, 5) is 10.1. The Labute approximate surface area is 85.9 Å². The number of halogens is 1. The average molecular weight is 211 g/mol. The fourth-order valence-corrected chi connectivity index (χ4v) is 1.48. The lowest BCUT2D eigenvalue weighted by Gasteiger charge is -2.03. The van der Waals surface area contributed by atoms with E-state index in [4.69, 9.17) is 16.9 Å². The fraction of sp³-hybridized carbons (Fsp3) is 0.222. The van der Waals surface area contributed by atoms with E-state index < -0.39 is 4.92 Å². The monoisotopic (exact) mass is 210 g/mol. The lowest BCUT2D eigenvalue weighted by Crippen LogP contribution is -1.97. The summed E-state index contributed by atoms with van der Waals surface area (Å²) in [5.41, 5.74) is 0.993. The second-order valence-corrected chi connectivity index (χ2v) is 3.18. The fourth-order valence-electron chi connectivity index (χ4n) is 1.21. The number of nitrogens with zero attached hydrogens (tertiary/aromatic N) is 2. The number of nitro groups is 1. The topological polar surface area (TPSA) is 66.9 Å². The number of hydrogen-bond acceptors (Lipinski definition) is 3. The third kappa shape index (κ3) is 1.83. The molecular weight excluding hydrogens is 204 g/mol. The van der Waals surface area contributed by atoms with Gasteiger partial charge in [-0.05, 0) is 18.6 Å². The molecule has 0 heterocycles. The molecule has 0 aliphatic carbocycles. The van der Waals surface area contributed by atoms with Gasteiger partial charge >= 0.3 is 0 Å². The van der Waals surface area contributed by atoms with Crippen molar-refractivity contribution in [1.82, 2.24) is 0 Å². The van der Waals surface area contributed by atoms with Gasteiger partial charge in [-0.2, -0.15) is 5.26 Å². The van der Waals surface area contributed by atoms with Gasteiger partial charge in [0, 0.05) is 5.56 Å². The van der Waals surface area contributed by atoms with Crippen LogP contribution in [0.4, 0.5) is 5.69 Å². The maximum Gasteiger partial charge on any atom is 0.291 e. The molecule has 0 aliphatic heterocycles. The number of hydrogen-bond donors (Lipinski definition) is 0. The minimum absolute atomic E-state index is 0.106. The highest BCUT2D eigenvalue weighted by molar-refractivity contribution is 6.32. The van der Waals surface area contributed by atoms with E-state index in [9.17, 15) is 10.1 Å². The van der Waals surface area contributed by atoms with Crippen molar-refractivity contribution in [2.24, 2.45) is 0 Å². The molecule has 0 bridgehead atoms. The van der Waals surface area contributed by atoms with Crippen LogP contribution in [0, 0.1) is 28.4 Å². The smallest absolute Gasteiger partial charge is 0.258 e. The molecule has 0 N–H and O–H groups in total. The minimum Gasteiger partial charge on any atom is -0.258 e. The van der Waals surface area contributed by atoms with E-state index in [2.05, 4.69) is 0 Å². The van der Waals surface area contributed by atoms with E-state index in [0.717, 1.165) is 0 Å². The maximum absolute atomic E-state index is 10.6. The normalized spacial score (nSPS) is 9.50. The summed E-state index contributed by atoms with van der Waals surface area (Å²) >= 11 is 5.67. The quantitative estimate of drug-likeness (QED) is 0.557. The molecule has 0 atom stereocenters. The highest BCUT2D eigenvalue weighted by atomic mass is 35.5. The minimum atomic E-state index is -0.529. The van der Waals surface area contributed by atoms with Gasteiger partial charge in [0.25, 0.3) is 5.69 Å². The Bertz CT molecular complexity index is 424. The van der Waals surface area contributed by atoms with Crippen LogP contribution >= 0.6 is 11.6 Å². The van der Waals surface area contributed by atoms with Crippen molar-refractivity contribution in [3.05, 3.63) is 38.4 Å². The van der Waals surface area contributed by atoms with E-state index in [1.807, 2.05) is 6.07 Å². The van der Waals surface area contributed by atoms with Crippen LogP contribution in [0.15, 0.2) is 12.1 Å². The van der Waals surface area contributed by atoms with Crippen LogP contribution in [0.5, 0.6) is 0 Å². The zero-order valence-electron chi connectivity index (χ0n) is 7.45. The van der Waals surface area contributed by atoms with E-state index in [-0.39, 0.29) is 17.1 Å². The first-order valence-corrected chi connectivity index (χ1v) is 4.25. The van der Waals surface area contributed by atoms with Crippen LogP contribution in [0.25, 0.3) is 0 Å². The molecular formula is C9H7ClN2O2.